The molecule has 0 spiro atoms. The fourth-order valence-electron chi connectivity index (χ4n) is 3.67. The number of fused-ring (bicyclic) bond motifs is 1. The first-order valence-corrected chi connectivity index (χ1v) is 6.60. The van der Waals surface area contributed by atoms with E-state index in [1.807, 2.05) is 6.92 Å². The van der Waals surface area contributed by atoms with Gasteiger partial charge in [0.15, 0.2) is 0 Å². The van der Waals surface area contributed by atoms with Crippen molar-refractivity contribution in [1.82, 2.24) is 0 Å². The van der Waals surface area contributed by atoms with Gasteiger partial charge in [-0.2, -0.15) is 0 Å². The maximum Gasteiger partial charge on any atom is 0.123 e. The molecular formula is C15H19FO. The van der Waals surface area contributed by atoms with Crippen LogP contribution in [-0.4, -0.2) is 11.2 Å². The number of benzene rings is 1. The number of halogens is 1. The largest absolute Gasteiger partial charge is 0.392 e. The van der Waals surface area contributed by atoms with E-state index in [0.29, 0.717) is 12.3 Å². The van der Waals surface area contributed by atoms with Crippen molar-refractivity contribution in [1.29, 1.82) is 0 Å². The fraction of sp³-hybridized carbons (Fsp3) is 0.600. The molecule has 2 saturated carbocycles. The molecule has 2 fully saturated rings. The molecule has 1 nitrogen and oxygen atoms in total. The van der Waals surface area contributed by atoms with Gasteiger partial charge in [0.1, 0.15) is 5.82 Å². The SMILES string of the molecule is Cc1ccc(F)cc1CC(O)C1C2CCCC21. The van der Waals surface area contributed by atoms with Crippen molar-refractivity contribution in [2.24, 2.45) is 17.8 Å². The lowest BCUT2D eigenvalue weighted by atomic mass is 9.97. The Labute approximate surface area is 102 Å². The van der Waals surface area contributed by atoms with E-state index < -0.39 is 0 Å². The Morgan fingerprint density at radius 2 is 2.06 bits per heavy atom. The van der Waals surface area contributed by atoms with Gasteiger partial charge in [-0.3, -0.25) is 0 Å². The molecular weight excluding hydrogens is 215 g/mol. The van der Waals surface area contributed by atoms with Crippen molar-refractivity contribution in [3.05, 3.63) is 35.1 Å². The maximum absolute atomic E-state index is 13.2. The first-order chi connectivity index (χ1) is 8.16. The predicted molar refractivity (Wildman–Crippen MR) is 65.2 cm³/mol. The van der Waals surface area contributed by atoms with Gasteiger partial charge in [0.25, 0.3) is 0 Å². The van der Waals surface area contributed by atoms with Crippen molar-refractivity contribution in [3.8, 4) is 0 Å². The number of aliphatic hydroxyl groups excluding tert-OH is 1. The second-order valence-corrected chi connectivity index (χ2v) is 5.68. The summed E-state index contributed by atoms with van der Waals surface area (Å²) in [6, 6.07) is 4.85. The third-order valence-electron chi connectivity index (χ3n) is 4.66. The molecule has 0 saturated heterocycles. The summed E-state index contributed by atoms with van der Waals surface area (Å²) in [4.78, 5) is 0. The molecule has 1 aromatic carbocycles. The molecule has 1 aromatic rings. The Morgan fingerprint density at radius 1 is 1.35 bits per heavy atom. The standard InChI is InChI=1S/C15H19FO/c1-9-5-6-11(16)7-10(9)8-14(17)15-12-3-2-4-13(12)15/h5-7,12-15,17H,2-4,8H2,1H3. The second-order valence-electron chi connectivity index (χ2n) is 5.68. The van der Waals surface area contributed by atoms with Gasteiger partial charge in [-0.1, -0.05) is 12.5 Å². The van der Waals surface area contributed by atoms with Crippen molar-refractivity contribution in [2.75, 3.05) is 0 Å². The van der Waals surface area contributed by atoms with Gasteiger partial charge < -0.3 is 5.11 Å². The van der Waals surface area contributed by atoms with Gasteiger partial charge in [0.2, 0.25) is 0 Å². The highest BCUT2D eigenvalue weighted by atomic mass is 19.1. The van der Waals surface area contributed by atoms with Crippen LogP contribution in [0.25, 0.3) is 0 Å². The number of aryl methyl sites for hydroxylation is 1. The molecule has 3 atom stereocenters. The van der Waals surface area contributed by atoms with Gasteiger partial charge in [0, 0.05) is 0 Å². The lowest BCUT2D eigenvalue weighted by molar-refractivity contribution is 0.135. The first kappa shape index (κ1) is 11.2. The third kappa shape index (κ3) is 1.99. The summed E-state index contributed by atoms with van der Waals surface area (Å²) in [5, 5.41) is 10.2. The summed E-state index contributed by atoms with van der Waals surface area (Å²) in [5.41, 5.74) is 2.04. The zero-order chi connectivity index (χ0) is 12.0. The summed E-state index contributed by atoms with van der Waals surface area (Å²) in [7, 11) is 0. The number of hydrogen-bond donors (Lipinski definition) is 1. The minimum atomic E-state index is -0.272. The van der Waals surface area contributed by atoms with Crippen LogP contribution < -0.4 is 0 Å². The molecule has 0 bridgehead atoms. The minimum absolute atomic E-state index is 0.200. The summed E-state index contributed by atoms with van der Waals surface area (Å²) in [5.74, 6) is 1.82. The highest BCUT2D eigenvalue weighted by Crippen LogP contribution is 2.59. The lowest BCUT2D eigenvalue weighted by Gasteiger charge is -2.14. The third-order valence-corrected chi connectivity index (χ3v) is 4.66. The molecule has 2 aliphatic rings. The molecule has 0 aliphatic heterocycles. The van der Waals surface area contributed by atoms with Gasteiger partial charge in [-0.15, -0.1) is 0 Å². The summed E-state index contributed by atoms with van der Waals surface area (Å²) >= 11 is 0. The molecule has 92 valence electrons. The molecule has 17 heavy (non-hydrogen) atoms. The topological polar surface area (TPSA) is 20.2 Å². The zero-order valence-corrected chi connectivity index (χ0v) is 10.2. The average molecular weight is 234 g/mol. The van der Waals surface area contributed by atoms with E-state index in [1.165, 1.54) is 25.3 Å². The van der Waals surface area contributed by atoms with Crippen LogP contribution in [0.4, 0.5) is 4.39 Å². The summed E-state index contributed by atoms with van der Waals surface area (Å²) in [6.45, 7) is 1.98. The van der Waals surface area contributed by atoms with E-state index in [2.05, 4.69) is 0 Å². The smallest absolute Gasteiger partial charge is 0.123 e. The summed E-state index contributed by atoms with van der Waals surface area (Å²) < 4.78 is 13.2. The van der Waals surface area contributed by atoms with E-state index in [0.717, 1.165) is 23.0 Å². The van der Waals surface area contributed by atoms with Crippen LogP contribution in [0.1, 0.15) is 30.4 Å². The first-order valence-electron chi connectivity index (χ1n) is 6.60. The molecule has 1 N–H and O–H groups in total. The minimum Gasteiger partial charge on any atom is -0.392 e. The maximum atomic E-state index is 13.2. The van der Waals surface area contributed by atoms with Crippen LogP contribution in [0.5, 0.6) is 0 Å². The highest BCUT2D eigenvalue weighted by molar-refractivity contribution is 5.27. The second kappa shape index (κ2) is 4.09. The van der Waals surface area contributed by atoms with Crippen LogP contribution in [0, 0.1) is 30.5 Å². The lowest BCUT2D eigenvalue weighted by Crippen LogP contribution is -2.17. The normalized spacial score (nSPS) is 32.3. The van der Waals surface area contributed by atoms with E-state index in [9.17, 15) is 9.50 Å². The van der Waals surface area contributed by atoms with Crippen LogP contribution >= 0.6 is 0 Å². The van der Waals surface area contributed by atoms with Crippen LogP contribution in [0.2, 0.25) is 0 Å². The van der Waals surface area contributed by atoms with E-state index >= 15 is 0 Å². The number of aliphatic hydroxyl groups is 1. The molecule has 0 aromatic heterocycles. The Balaban J connectivity index is 1.68. The number of rotatable bonds is 3. The highest BCUT2D eigenvalue weighted by Gasteiger charge is 2.55. The summed E-state index contributed by atoms with van der Waals surface area (Å²) in [6.07, 6.45) is 4.24. The zero-order valence-electron chi connectivity index (χ0n) is 10.2. The monoisotopic (exact) mass is 234 g/mol. The Morgan fingerprint density at radius 3 is 2.76 bits per heavy atom. The molecule has 0 heterocycles. The number of hydrogen-bond acceptors (Lipinski definition) is 1. The van der Waals surface area contributed by atoms with Crippen molar-refractivity contribution in [2.45, 2.75) is 38.7 Å². The van der Waals surface area contributed by atoms with Crippen LogP contribution in [0.15, 0.2) is 18.2 Å². The molecule has 3 rings (SSSR count). The predicted octanol–water partition coefficient (Wildman–Crippen LogP) is 3.08. The Kier molecular flexibility index (Phi) is 2.70. The molecule has 3 unspecified atom stereocenters. The van der Waals surface area contributed by atoms with E-state index in [1.54, 1.807) is 12.1 Å². The molecule has 0 radical (unpaired) electrons. The van der Waals surface area contributed by atoms with Crippen molar-refractivity contribution in [3.63, 3.8) is 0 Å². The Hall–Kier alpha value is -0.890. The van der Waals surface area contributed by atoms with Gasteiger partial charge in [-0.25, -0.2) is 4.39 Å². The van der Waals surface area contributed by atoms with E-state index in [4.69, 9.17) is 0 Å². The molecule has 2 heteroatoms. The molecule has 0 amide bonds. The molecule has 2 aliphatic carbocycles. The van der Waals surface area contributed by atoms with Gasteiger partial charge in [0.05, 0.1) is 6.10 Å². The quantitative estimate of drug-likeness (QED) is 0.852. The average Bonchev–Trinajstić information content (AvgIpc) is 2.78. The fourth-order valence-corrected chi connectivity index (χ4v) is 3.67. The Bertz CT molecular complexity index is 419. The van der Waals surface area contributed by atoms with Crippen LogP contribution in [0.3, 0.4) is 0 Å². The van der Waals surface area contributed by atoms with Crippen molar-refractivity contribution >= 4 is 0 Å². The van der Waals surface area contributed by atoms with Gasteiger partial charge >= 0.3 is 0 Å². The van der Waals surface area contributed by atoms with E-state index in [-0.39, 0.29) is 11.9 Å². The van der Waals surface area contributed by atoms with Crippen molar-refractivity contribution < 1.29 is 9.50 Å². The van der Waals surface area contributed by atoms with Crippen LogP contribution in [-0.2, 0) is 6.42 Å². The van der Waals surface area contributed by atoms with Gasteiger partial charge in [-0.05, 0) is 67.2 Å².